The van der Waals surface area contributed by atoms with Gasteiger partial charge in [0.1, 0.15) is 0 Å². The third-order valence-electron chi connectivity index (χ3n) is 3.22. The normalized spacial score (nSPS) is 25.2. The Kier molecular flexibility index (Phi) is 5.27. The van der Waals surface area contributed by atoms with E-state index in [9.17, 15) is 4.79 Å². The molecular formula is C12H20N2O2. The number of unbranched alkanes of at least 4 members (excludes halogenated alkanes) is 1. The fourth-order valence-corrected chi connectivity index (χ4v) is 2.04. The maximum Gasteiger partial charge on any atom is 0.222 e. The van der Waals surface area contributed by atoms with E-state index in [0.29, 0.717) is 31.7 Å². The van der Waals surface area contributed by atoms with E-state index in [-0.39, 0.29) is 12.0 Å². The summed E-state index contributed by atoms with van der Waals surface area (Å²) in [4.78, 5) is 13.7. The molecule has 1 amide bonds. The molecule has 0 N–H and O–H groups in total. The van der Waals surface area contributed by atoms with E-state index in [0.717, 1.165) is 13.0 Å². The molecule has 0 aromatic heterocycles. The SMILES string of the molecule is COC1CN(C(=O)CCCC#N)CCC1C. The van der Waals surface area contributed by atoms with Crippen molar-refractivity contribution in [3.8, 4) is 6.07 Å². The van der Waals surface area contributed by atoms with Crippen LogP contribution in [-0.2, 0) is 9.53 Å². The van der Waals surface area contributed by atoms with Gasteiger partial charge in [-0.2, -0.15) is 5.26 Å². The molecule has 1 aliphatic heterocycles. The van der Waals surface area contributed by atoms with Crippen molar-refractivity contribution < 1.29 is 9.53 Å². The molecule has 1 heterocycles. The van der Waals surface area contributed by atoms with Crippen molar-refractivity contribution >= 4 is 5.91 Å². The summed E-state index contributed by atoms with van der Waals surface area (Å²) >= 11 is 0. The predicted molar refractivity (Wildman–Crippen MR) is 60.6 cm³/mol. The average Bonchev–Trinajstić information content (AvgIpc) is 2.30. The van der Waals surface area contributed by atoms with Crippen molar-refractivity contribution in [3.05, 3.63) is 0 Å². The minimum absolute atomic E-state index is 0.157. The number of ether oxygens (including phenoxy) is 1. The minimum Gasteiger partial charge on any atom is -0.379 e. The number of hydrogen-bond acceptors (Lipinski definition) is 3. The quantitative estimate of drug-likeness (QED) is 0.681. The van der Waals surface area contributed by atoms with Crippen LogP contribution in [0.2, 0.25) is 0 Å². The van der Waals surface area contributed by atoms with E-state index < -0.39 is 0 Å². The maximum atomic E-state index is 11.8. The topological polar surface area (TPSA) is 53.3 Å². The molecule has 0 spiro atoms. The van der Waals surface area contributed by atoms with Crippen LogP contribution in [0.3, 0.4) is 0 Å². The number of piperidine rings is 1. The van der Waals surface area contributed by atoms with Gasteiger partial charge in [-0.3, -0.25) is 4.79 Å². The number of rotatable bonds is 4. The van der Waals surface area contributed by atoms with Crippen molar-refractivity contribution in [3.63, 3.8) is 0 Å². The molecule has 1 fully saturated rings. The Balaban J connectivity index is 2.37. The first-order valence-electron chi connectivity index (χ1n) is 5.86. The van der Waals surface area contributed by atoms with Gasteiger partial charge in [0.05, 0.1) is 12.2 Å². The molecule has 16 heavy (non-hydrogen) atoms. The second-order valence-corrected chi connectivity index (χ2v) is 4.39. The zero-order valence-electron chi connectivity index (χ0n) is 10.1. The first kappa shape index (κ1) is 13.0. The predicted octanol–water partition coefficient (Wildman–Crippen LogP) is 1.56. The van der Waals surface area contributed by atoms with E-state index >= 15 is 0 Å². The molecule has 2 atom stereocenters. The monoisotopic (exact) mass is 224 g/mol. The highest BCUT2D eigenvalue weighted by Crippen LogP contribution is 2.20. The molecule has 0 radical (unpaired) electrons. The molecule has 90 valence electrons. The molecule has 1 rings (SSSR count). The van der Waals surface area contributed by atoms with Crippen LogP contribution in [0.4, 0.5) is 0 Å². The molecule has 0 aromatic carbocycles. The highest BCUT2D eigenvalue weighted by Gasteiger charge is 2.28. The molecule has 1 saturated heterocycles. The molecular weight excluding hydrogens is 204 g/mol. The lowest BCUT2D eigenvalue weighted by Gasteiger charge is -2.36. The van der Waals surface area contributed by atoms with Crippen molar-refractivity contribution in [2.75, 3.05) is 20.2 Å². The molecule has 2 unspecified atom stereocenters. The Bertz CT molecular complexity index is 273. The largest absolute Gasteiger partial charge is 0.379 e. The molecule has 0 saturated carbocycles. The van der Waals surface area contributed by atoms with Gasteiger partial charge >= 0.3 is 0 Å². The lowest BCUT2D eigenvalue weighted by molar-refractivity contribution is -0.136. The molecule has 4 nitrogen and oxygen atoms in total. The zero-order valence-corrected chi connectivity index (χ0v) is 10.1. The van der Waals surface area contributed by atoms with Crippen LogP contribution in [0.5, 0.6) is 0 Å². The van der Waals surface area contributed by atoms with E-state index in [2.05, 4.69) is 13.0 Å². The first-order chi connectivity index (χ1) is 7.69. The Labute approximate surface area is 97.2 Å². The molecule has 0 bridgehead atoms. The van der Waals surface area contributed by atoms with Crippen LogP contribution >= 0.6 is 0 Å². The lowest BCUT2D eigenvalue weighted by Crippen LogP contribution is -2.46. The zero-order chi connectivity index (χ0) is 12.0. The fourth-order valence-electron chi connectivity index (χ4n) is 2.04. The summed E-state index contributed by atoms with van der Waals surface area (Å²) in [5, 5.41) is 8.41. The van der Waals surface area contributed by atoms with Gasteiger partial charge in [-0.05, 0) is 18.8 Å². The molecule has 0 aromatic rings. The summed E-state index contributed by atoms with van der Waals surface area (Å²) in [5.41, 5.74) is 0. The van der Waals surface area contributed by atoms with Crippen molar-refractivity contribution in [1.29, 1.82) is 5.26 Å². The Hall–Kier alpha value is -1.08. The van der Waals surface area contributed by atoms with Gasteiger partial charge in [0.15, 0.2) is 0 Å². The highest BCUT2D eigenvalue weighted by atomic mass is 16.5. The summed E-state index contributed by atoms with van der Waals surface area (Å²) in [6, 6.07) is 2.06. The van der Waals surface area contributed by atoms with Gasteiger partial charge in [-0.15, -0.1) is 0 Å². The number of hydrogen-bond donors (Lipinski definition) is 0. The van der Waals surface area contributed by atoms with Gasteiger partial charge in [0.25, 0.3) is 0 Å². The number of amides is 1. The van der Waals surface area contributed by atoms with Gasteiger partial charge < -0.3 is 9.64 Å². The van der Waals surface area contributed by atoms with Gasteiger partial charge in [-0.1, -0.05) is 6.92 Å². The number of carbonyl (C=O) groups excluding carboxylic acids is 1. The van der Waals surface area contributed by atoms with Crippen molar-refractivity contribution in [1.82, 2.24) is 4.90 Å². The third-order valence-corrected chi connectivity index (χ3v) is 3.22. The van der Waals surface area contributed by atoms with Crippen molar-refractivity contribution in [2.45, 2.75) is 38.7 Å². The number of likely N-dealkylation sites (tertiary alicyclic amines) is 1. The maximum absolute atomic E-state index is 11.8. The van der Waals surface area contributed by atoms with Crippen LogP contribution < -0.4 is 0 Å². The van der Waals surface area contributed by atoms with Crippen LogP contribution in [-0.4, -0.2) is 37.1 Å². The van der Waals surface area contributed by atoms with Crippen LogP contribution in [0.25, 0.3) is 0 Å². The summed E-state index contributed by atoms with van der Waals surface area (Å²) in [6.07, 6.45) is 2.78. The van der Waals surface area contributed by atoms with E-state index in [1.165, 1.54) is 0 Å². The Morgan fingerprint density at radius 1 is 1.62 bits per heavy atom. The first-order valence-corrected chi connectivity index (χ1v) is 5.86. The summed E-state index contributed by atoms with van der Waals surface area (Å²) in [7, 11) is 1.70. The minimum atomic E-state index is 0.157. The van der Waals surface area contributed by atoms with Gasteiger partial charge in [-0.25, -0.2) is 0 Å². The number of nitriles is 1. The fraction of sp³-hybridized carbons (Fsp3) is 0.833. The Morgan fingerprint density at radius 2 is 2.38 bits per heavy atom. The lowest BCUT2D eigenvalue weighted by atomic mass is 9.95. The Morgan fingerprint density at radius 3 is 3.00 bits per heavy atom. The number of carbonyl (C=O) groups is 1. The summed E-state index contributed by atoms with van der Waals surface area (Å²) in [6.45, 7) is 3.68. The van der Waals surface area contributed by atoms with Crippen LogP contribution in [0.15, 0.2) is 0 Å². The van der Waals surface area contributed by atoms with Crippen molar-refractivity contribution in [2.24, 2.45) is 5.92 Å². The summed E-state index contributed by atoms with van der Waals surface area (Å²) < 4.78 is 5.36. The standard InChI is InChI=1S/C12H20N2O2/c1-10-6-8-14(9-11(10)16-2)12(15)5-3-4-7-13/h10-11H,3-6,8-9H2,1-2H3. The third kappa shape index (κ3) is 3.49. The second-order valence-electron chi connectivity index (χ2n) is 4.39. The smallest absolute Gasteiger partial charge is 0.222 e. The van der Waals surface area contributed by atoms with E-state index in [1.807, 2.05) is 4.90 Å². The molecule has 0 aliphatic carbocycles. The second kappa shape index (κ2) is 6.49. The molecule has 4 heteroatoms. The van der Waals surface area contributed by atoms with E-state index in [4.69, 9.17) is 10.00 Å². The van der Waals surface area contributed by atoms with E-state index in [1.54, 1.807) is 7.11 Å². The van der Waals surface area contributed by atoms with Gasteiger partial charge in [0, 0.05) is 33.0 Å². The highest BCUT2D eigenvalue weighted by molar-refractivity contribution is 5.76. The molecule has 1 aliphatic rings. The summed E-state index contributed by atoms with van der Waals surface area (Å²) in [5.74, 6) is 0.678. The number of methoxy groups -OCH3 is 1. The van der Waals surface area contributed by atoms with Crippen LogP contribution in [0, 0.1) is 17.2 Å². The average molecular weight is 224 g/mol. The number of nitrogens with zero attached hydrogens (tertiary/aromatic N) is 2. The van der Waals surface area contributed by atoms with Crippen LogP contribution in [0.1, 0.15) is 32.6 Å². The van der Waals surface area contributed by atoms with Gasteiger partial charge in [0.2, 0.25) is 5.91 Å².